The van der Waals surface area contributed by atoms with Crippen LogP contribution in [-0.2, 0) is 16.6 Å². The molecule has 202 valence electrons. The molecule has 3 N–H and O–H groups in total. The lowest BCUT2D eigenvalue weighted by atomic mass is 10.1. The maximum absolute atomic E-state index is 14.8. The maximum atomic E-state index is 14.8. The van der Waals surface area contributed by atoms with E-state index in [1.165, 1.54) is 10.9 Å². The number of carbonyl (C=O) groups is 1. The summed E-state index contributed by atoms with van der Waals surface area (Å²) in [4.78, 5) is 34.7. The van der Waals surface area contributed by atoms with Gasteiger partial charge in [-0.15, -0.1) is 12.4 Å². The third-order valence-corrected chi connectivity index (χ3v) is 6.06. The minimum Gasteiger partial charge on any atom is -0.490 e. The number of carbonyl (C=O) groups excluding carboxylic acids is 1. The number of H-pyrrole nitrogens is 1. The van der Waals surface area contributed by atoms with Crippen LogP contribution in [0.3, 0.4) is 0 Å². The van der Waals surface area contributed by atoms with Gasteiger partial charge in [0.2, 0.25) is 5.95 Å². The predicted molar refractivity (Wildman–Crippen MR) is 136 cm³/mol. The average molecular weight is 542 g/mol. The van der Waals surface area contributed by atoms with Gasteiger partial charge in [0.25, 0.3) is 5.56 Å². The van der Waals surface area contributed by atoms with E-state index in [1.807, 2.05) is 4.90 Å². The number of aromatic amines is 1. The molecule has 0 aliphatic carbocycles. The van der Waals surface area contributed by atoms with Gasteiger partial charge in [0.05, 0.1) is 6.20 Å². The third-order valence-electron chi connectivity index (χ3n) is 6.06. The first-order valence-corrected chi connectivity index (χ1v) is 11.6. The lowest BCUT2D eigenvalue weighted by Gasteiger charge is -2.36. The number of piperazine rings is 1. The number of halogens is 3. The molecular weight excluding hydrogens is 512 g/mol. The molecule has 37 heavy (non-hydrogen) atoms. The summed E-state index contributed by atoms with van der Waals surface area (Å²) in [6, 6.07) is 1.46. The first kappa shape index (κ1) is 28.1. The largest absolute Gasteiger partial charge is 0.490 e. The summed E-state index contributed by atoms with van der Waals surface area (Å²) in [5, 5.41) is 4.44. The Balaban J connectivity index is 0.00000380. The van der Waals surface area contributed by atoms with E-state index < -0.39 is 23.6 Å². The summed E-state index contributed by atoms with van der Waals surface area (Å²) in [5.74, 6) is -1.78. The summed E-state index contributed by atoms with van der Waals surface area (Å²) in [6.45, 7) is 4.86. The zero-order valence-electron chi connectivity index (χ0n) is 20.7. The second kappa shape index (κ2) is 11.7. The van der Waals surface area contributed by atoms with Crippen molar-refractivity contribution >= 4 is 41.0 Å². The molecular formula is C23H30ClF2N7O4. The van der Waals surface area contributed by atoms with E-state index in [1.54, 1.807) is 25.8 Å². The van der Waals surface area contributed by atoms with Crippen LogP contribution in [0.25, 0.3) is 11.0 Å². The van der Waals surface area contributed by atoms with E-state index in [4.69, 9.17) is 15.2 Å². The normalized spacial score (nSPS) is 14.6. The predicted octanol–water partition coefficient (Wildman–Crippen LogP) is 1.59. The van der Waals surface area contributed by atoms with Gasteiger partial charge in [-0.1, -0.05) is 13.8 Å². The van der Waals surface area contributed by atoms with Gasteiger partial charge < -0.3 is 25.0 Å². The van der Waals surface area contributed by atoms with Crippen molar-refractivity contribution in [1.29, 1.82) is 0 Å². The van der Waals surface area contributed by atoms with Crippen molar-refractivity contribution < 1.29 is 23.0 Å². The Bertz CT molecular complexity index is 1280. The molecule has 0 saturated carbocycles. The molecule has 0 bridgehead atoms. The molecule has 0 spiro atoms. The first-order chi connectivity index (χ1) is 17.2. The van der Waals surface area contributed by atoms with Crippen molar-refractivity contribution in [3.8, 4) is 5.75 Å². The number of nitrogens with one attached hydrogen (secondary N) is 1. The second-order valence-electron chi connectivity index (χ2n) is 8.89. The van der Waals surface area contributed by atoms with E-state index in [9.17, 15) is 18.4 Å². The average Bonchev–Trinajstić information content (AvgIpc) is 3.22. The van der Waals surface area contributed by atoms with Crippen LogP contribution in [0.15, 0.2) is 23.1 Å². The zero-order chi connectivity index (χ0) is 26.0. The van der Waals surface area contributed by atoms with Crippen molar-refractivity contribution in [2.45, 2.75) is 19.9 Å². The van der Waals surface area contributed by atoms with E-state index in [0.29, 0.717) is 43.2 Å². The number of fused-ring (bicyclic) bond motifs is 1. The lowest BCUT2D eigenvalue weighted by Crippen LogP contribution is -2.48. The molecule has 14 heteroatoms. The minimum atomic E-state index is -0.764. The molecule has 1 aliphatic heterocycles. The molecule has 1 fully saturated rings. The third kappa shape index (κ3) is 6.10. The monoisotopic (exact) mass is 541 g/mol. The molecule has 0 radical (unpaired) electrons. The molecule has 3 aromatic rings. The van der Waals surface area contributed by atoms with Crippen LogP contribution in [0.1, 0.15) is 13.8 Å². The Morgan fingerprint density at radius 2 is 1.76 bits per heavy atom. The summed E-state index contributed by atoms with van der Waals surface area (Å²) in [5.41, 5.74) is 5.72. The first-order valence-electron chi connectivity index (χ1n) is 11.6. The number of ether oxygens (including phenoxy) is 2. The number of aromatic nitrogens is 4. The quantitative estimate of drug-likeness (QED) is 0.322. The second-order valence-corrected chi connectivity index (χ2v) is 8.89. The van der Waals surface area contributed by atoms with Gasteiger partial charge in [-0.05, 0) is 5.92 Å². The van der Waals surface area contributed by atoms with E-state index >= 15 is 0 Å². The summed E-state index contributed by atoms with van der Waals surface area (Å²) < 4.78 is 41.6. The molecule has 11 nitrogen and oxygen atoms in total. The van der Waals surface area contributed by atoms with Gasteiger partial charge in [-0.3, -0.25) is 19.3 Å². The van der Waals surface area contributed by atoms with Crippen LogP contribution in [0.2, 0.25) is 0 Å². The van der Waals surface area contributed by atoms with E-state index in [0.717, 1.165) is 12.1 Å². The summed E-state index contributed by atoms with van der Waals surface area (Å²) in [7, 11) is 1.70. The number of nitrogens with zero attached hydrogens (tertiary/aromatic N) is 5. The van der Waals surface area contributed by atoms with Gasteiger partial charge in [0.15, 0.2) is 17.3 Å². The number of hydrogen-bond acceptors (Lipinski definition) is 9. The standard InChI is InChI=1S/C23H29F2N7O4.ClH/c1-13(2)18(26)22(34)36-9-8-35-14-10-16(24)19(17(25)11-14)31-4-6-32(7-5-31)23-28-20-15(21(33)29-23)12-27-30(20)3;/h10-13,18H,4-9,26H2,1-3H3,(H,28,29,33);1H/t18-;/m0./s1. The number of benzene rings is 1. The Hall–Kier alpha value is -3.45. The van der Waals surface area contributed by atoms with Gasteiger partial charge in [0.1, 0.15) is 36.1 Å². The van der Waals surface area contributed by atoms with Gasteiger partial charge >= 0.3 is 5.97 Å². The molecule has 1 aromatic carbocycles. The van der Waals surface area contributed by atoms with Crippen LogP contribution >= 0.6 is 12.4 Å². The lowest BCUT2D eigenvalue weighted by molar-refractivity contribution is -0.147. The van der Waals surface area contributed by atoms with Crippen molar-refractivity contribution in [2.75, 3.05) is 49.2 Å². The maximum Gasteiger partial charge on any atom is 0.323 e. The van der Waals surface area contributed by atoms with Crippen molar-refractivity contribution in [1.82, 2.24) is 19.7 Å². The summed E-state index contributed by atoms with van der Waals surface area (Å²) >= 11 is 0. The number of esters is 1. The topological polar surface area (TPSA) is 132 Å². The summed E-state index contributed by atoms with van der Waals surface area (Å²) in [6.07, 6.45) is 1.46. The highest BCUT2D eigenvalue weighted by molar-refractivity contribution is 5.85. The molecule has 4 rings (SSSR count). The van der Waals surface area contributed by atoms with Crippen molar-refractivity contribution in [3.05, 3.63) is 40.3 Å². The Morgan fingerprint density at radius 3 is 2.38 bits per heavy atom. The van der Waals surface area contributed by atoms with E-state index in [-0.39, 0.29) is 48.5 Å². The number of rotatable bonds is 8. The highest BCUT2D eigenvalue weighted by Gasteiger charge is 2.25. The SMILES string of the molecule is CC(C)[C@H](N)C(=O)OCCOc1cc(F)c(N2CCN(c3nc4c(cnn4C)c(=O)[nH]3)CC2)c(F)c1.Cl. The van der Waals surface area contributed by atoms with Gasteiger partial charge in [0, 0.05) is 45.4 Å². The highest BCUT2D eigenvalue weighted by Crippen LogP contribution is 2.29. The number of aryl methyl sites for hydroxylation is 1. The van der Waals surface area contributed by atoms with Gasteiger partial charge in [-0.25, -0.2) is 8.78 Å². The molecule has 0 amide bonds. The minimum absolute atomic E-state index is 0. The fourth-order valence-electron chi connectivity index (χ4n) is 3.91. The van der Waals surface area contributed by atoms with Gasteiger partial charge in [-0.2, -0.15) is 10.1 Å². The fraction of sp³-hybridized carbons (Fsp3) is 0.478. The Kier molecular flexibility index (Phi) is 8.92. The smallest absolute Gasteiger partial charge is 0.323 e. The number of nitrogens with two attached hydrogens (primary N) is 1. The van der Waals surface area contributed by atoms with Crippen molar-refractivity contribution in [3.63, 3.8) is 0 Å². The van der Waals surface area contributed by atoms with E-state index in [2.05, 4.69) is 15.1 Å². The van der Waals surface area contributed by atoms with Crippen LogP contribution in [-0.4, -0.2) is 71.2 Å². The number of hydrogen-bond donors (Lipinski definition) is 2. The number of anilines is 2. The Labute approximate surface area is 217 Å². The molecule has 1 saturated heterocycles. The molecule has 0 unspecified atom stereocenters. The van der Waals surface area contributed by atoms with Crippen LogP contribution in [0.4, 0.5) is 20.4 Å². The van der Waals surface area contributed by atoms with Crippen LogP contribution in [0, 0.1) is 17.6 Å². The van der Waals surface area contributed by atoms with Crippen LogP contribution in [0.5, 0.6) is 5.75 Å². The Morgan fingerprint density at radius 1 is 1.14 bits per heavy atom. The van der Waals surface area contributed by atoms with Crippen molar-refractivity contribution in [2.24, 2.45) is 18.7 Å². The molecule has 2 aromatic heterocycles. The van der Waals surface area contributed by atoms with Crippen LogP contribution < -0.4 is 25.8 Å². The zero-order valence-corrected chi connectivity index (χ0v) is 21.6. The fourth-order valence-corrected chi connectivity index (χ4v) is 3.91. The molecule has 1 atom stereocenters. The molecule has 1 aliphatic rings. The highest BCUT2D eigenvalue weighted by atomic mass is 35.5. The molecule has 3 heterocycles.